The average Bonchev–Trinajstić information content (AvgIpc) is 2.67. The molecule has 0 fully saturated rings. The van der Waals surface area contributed by atoms with Crippen molar-refractivity contribution in [3.63, 3.8) is 0 Å². The minimum absolute atomic E-state index is 0.0232. The summed E-state index contributed by atoms with van der Waals surface area (Å²) in [6, 6.07) is 2.14. The molecule has 11 heteroatoms. The normalized spacial score (nSPS) is 13.7. The Balaban J connectivity index is 2.85. The van der Waals surface area contributed by atoms with E-state index in [2.05, 4.69) is 10.6 Å². The number of nitrogens with two attached hydrogens (primary N) is 2. The first-order valence-electron chi connectivity index (χ1n) is 9.43. The third kappa shape index (κ3) is 8.88. The Morgan fingerprint density at radius 2 is 1.53 bits per heavy atom. The number of carboxylic acid groups (broad SMARTS) is 2. The second-order valence-electron chi connectivity index (χ2n) is 6.82. The van der Waals surface area contributed by atoms with Crippen molar-refractivity contribution in [1.82, 2.24) is 10.6 Å². The first-order chi connectivity index (χ1) is 14.1. The van der Waals surface area contributed by atoms with Crippen LogP contribution in [-0.2, 0) is 25.6 Å². The molecule has 0 heterocycles. The van der Waals surface area contributed by atoms with Crippen LogP contribution in [0.3, 0.4) is 0 Å². The zero-order valence-electron chi connectivity index (χ0n) is 16.4. The number of hydrogen-bond donors (Lipinski definition) is 7. The molecule has 1 rings (SSSR count). The molecular weight excluding hydrogens is 396 g/mol. The fourth-order valence-electron chi connectivity index (χ4n) is 2.66. The van der Waals surface area contributed by atoms with E-state index in [1.165, 1.54) is 24.3 Å². The van der Waals surface area contributed by atoms with Crippen molar-refractivity contribution in [2.45, 2.75) is 50.2 Å². The molecule has 0 saturated carbocycles. The predicted octanol–water partition coefficient (Wildman–Crippen LogP) is -1.08. The maximum absolute atomic E-state index is 12.7. The van der Waals surface area contributed by atoms with Gasteiger partial charge in [0.25, 0.3) is 0 Å². The zero-order valence-corrected chi connectivity index (χ0v) is 16.4. The highest BCUT2D eigenvalue weighted by Gasteiger charge is 2.28. The molecule has 9 N–H and O–H groups in total. The minimum Gasteiger partial charge on any atom is -0.508 e. The summed E-state index contributed by atoms with van der Waals surface area (Å²) < 4.78 is 0. The molecule has 0 aromatic heterocycles. The molecule has 0 saturated heterocycles. The molecule has 0 aliphatic rings. The molecule has 2 amide bonds. The van der Waals surface area contributed by atoms with E-state index in [9.17, 15) is 29.4 Å². The van der Waals surface area contributed by atoms with Crippen LogP contribution >= 0.6 is 0 Å². The number of benzene rings is 1. The monoisotopic (exact) mass is 424 g/mol. The standard InChI is InChI=1S/C19H28N4O7/c20-8-2-1-3-14(22-17(27)13(21)10-16(25)26)18(28)23-15(19(29)30)9-11-4-6-12(24)7-5-11/h4-7,13-15,24H,1-3,8-10,20-21H2,(H,22,27)(H,23,28)(H,25,26)(H,29,30)/t13-,14-,15-/m0/s1. The highest BCUT2D eigenvalue weighted by atomic mass is 16.4. The van der Waals surface area contributed by atoms with E-state index in [0.29, 0.717) is 24.9 Å². The number of nitrogens with one attached hydrogen (secondary N) is 2. The maximum atomic E-state index is 12.7. The first kappa shape index (κ1) is 24.9. The van der Waals surface area contributed by atoms with Crippen molar-refractivity contribution in [3.8, 4) is 5.75 Å². The van der Waals surface area contributed by atoms with Crippen molar-refractivity contribution in [1.29, 1.82) is 0 Å². The molecule has 1 aromatic rings. The molecule has 11 nitrogen and oxygen atoms in total. The van der Waals surface area contributed by atoms with Crippen LogP contribution in [0.25, 0.3) is 0 Å². The second-order valence-corrected chi connectivity index (χ2v) is 6.82. The van der Waals surface area contributed by atoms with Crippen LogP contribution in [0.1, 0.15) is 31.2 Å². The first-order valence-corrected chi connectivity index (χ1v) is 9.43. The molecule has 0 unspecified atom stereocenters. The van der Waals surface area contributed by atoms with E-state index < -0.39 is 48.3 Å². The van der Waals surface area contributed by atoms with Gasteiger partial charge < -0.3 is 37.4 Å². The fraction of sp³-hybridized carbons (Fsp3) is 0.474. The number of aliphatic carboxylic acids is 2. The van der Waals surface area contributed by atoms with Crippen molar-refractivity contribution in [2.24, 2.45) is 11.5 Å². The smallest absolute Gasteiger partial charge is 0.326 e. The van der Waals surface area contributed by atoms with E-state index in [0.717, 1.165) is 0 Å². The number of phenols is 1. The van der Waals surface area contributed by atoms with Crippen molar-refractivity contribution >= 4 is 23.8 Å². The Morgan fingerprint density at radius 1 is 0.933 bits per heavy atom. The average molecular weight is 424 g/mol. The number of carboxylic acids is 2. The maximum Gasteiger partial charge on any atom is 0.326 e. The van der Waals surface area contributed by atoms with Gasteiger partial charge in [0.05, 0.1) is 12.5 Å². The SMILES string of the molecule is NCCCC[C@H](NC(=O)[C@@H](N)CC(=O)O)C(=O)N[C@@H](Cc1ccc(O)cc1)C(=O)O. The summed E-state index contributed by atoms with van der Waals surface area (Å²) >= 11 is 0. The fourth-order valence-corrected chi connectivity index (χ4v) is 2.66. The Hall–Kier alpha value is -3.18. The third-order valence-corrected chi connectivity index (χ3v) is 4.30. The Labute approximate surface area is 173 Å². The van der Waals surface area contributed by atoms with E-state index in [-0.39, 0.29) is 18.6 Å². The number of rotatable bonds is 13. The third-order valence-electron chi connectivity index (χ3n) is 4.30. The van der Waals surface area contributed by atoms with Gasteiger partial charge in [0.2, 0.25) is 11.8 Å². The van der Waals surface area contributed by atoms with Crippen molar-refractivity contribution in [3.05, 3.63) is 29.8 Å². The number of unbranched alkanes of at least 4 members (excludes halogenated alkanes) is 1. The van der Waals surface area contributed by atoms with Crippen LogP contribution in [0.5, 0.6) is 5.75 Å². The van der Waals surface area contributed by atoms with E-state index in [1.807, 2.05) is 0 Å². The van der Waals surface area contributed by atoms with Crippen LogP contribution in [0.4, 0.5) is 0 Å². The Bertz CT molecular complexity index is 739. The summed E-state index contributed by atoms with van der Waals surface area (Å²) in [6.07, 6.45) is 0.598. The van der Waals surface area contributed by atoms with E-state index in [4.69, 9.17) is 16.6 Å². The lowest BCUT2D eigenvalue weighted by Gasteiger charge is -2.23. The molecular formula is C19H28N4O7. The van der Waals surface area contributed by atoms with E-state index >= 15 is 0 Å². The molecule has 166 valence electrons. The highest BCUT2D eigenvalue weighted by molar-refractivity contribution is 5.92. The van der Waals surface area contributed by atoms with Crippen LogP contribution < -0.4 is 22.1 Å². The number of phenolic OH excluding ortho intramolecular Hbond substituents is 1. The largest absolute Gasteiger partial charge is 0.508 e. The highest BCUT2D eigenvalue weighted by Crippen LogP contribution is 2.12. The summed E-state index contributed by atoms with van der Waals surface area (Å²) in [4.78, 5) is 47.1. The van der Waals surface area contributed by atoms with Gasteiger partial charge in [-0.15, -0.1) is 0 Å². The van der Waals surface area contributed by atoms with Crippen LogP contribution in [-0.4, -0.2) is 63.7 Å². The summed E-state index contributed by atoms with van der Waals surface area (Å²) in [6.45, 7) is 0.374. The predicted molar refractivity (Wildman–Crippen MR) is 106 cm³/mol. The Kier molecular flexibility index (Phi) is 10.3. The van der Waals surface area contributed by atoms with Crippen molar-refractivity contribution in [2.75, 3.05) is 6.54 Å². The van der Waals surface area contributed by atoms with Crippen LogP contribution in [0.15, 0.2) is 24.3 Å². The van der Waals surface area contributed by atoms with Gasteiger partial charge in [0.15, 0.2) is 0 Å². The topological polar surface area (TPSA) is 205 Å². The number of hydrogen-bond acceptors (Lipinski definition) is 7. The van der Waals surface area contributed by atoms with Crippen molar-refractivity contribution < 1.29 is 34.5 Å². The minimum atomic E-state index is -1.35. The van der Waals surface area contributed by atoms with Gasteiger partial charge in [-0.2, -0.15) is 0 Å². The molecule has 0 spiro atoms. The molecule has 0 radical (unpaired) electrons. The number of aromatic hydroxyl groups is 1. The van der Waals surface area contributed by atoms with Crippen LogP contribution in [0, 0.1) is 0 Å². The lowest BCUT2D eigenvalue weighted by Crippen LogP contribution is -2.55. The zero-order chi connectivity index (χ0) is 22.7. The summed E-state index contributed by atoms with van der Waals surface area (Å²) in [7, 11) is 0. The lowest BCUT2D eigenvalue weighted by atomic mass is 10.0. The number of amides is 2. The van der Waals surface area contributed by atoms with Gasteiger partial charge >= 0.3 is 11.9 Å². The number of carbonyl (C=O) groups is 4. The van der Waals surface area contributed by atoms with Crippen LogP contribution in [0.2, 0.25) is 0 Å². The molecule has 0 bridgehead atoms. The molecule has 0 aliphatic heterocycles. The summed E-state index contributed by atoms with van der Waals surface area (Å²) in [5.41, 5.74) is 11.5. The van der Waals surface area contributed by atoms with Gasteiger partial charge in [-0.1, -0.05) is 12.1 Å². The quantitative estimate of drug-likeness (QED) is 0.192. The van der Waals surface area contributed by atoms with Gasteiger partial charge in [-0.05, 0) is 43.5 Å². The second kappa shape index (κ2) is 12.4. The summed E-state index contributed by atoms with van der Waals surface area (Å²) in [5.74, 6) is -4.06. The van der Waals surface area contributed by atoms with Gasteiger partial charge in [0, 0.05) is 6.42 Å². The molecule has 1 aromatic carbocycles. The lowest BCUT2D eigenvalue weighted by molar-refractivity contribution is -0.142. The Morgan fingerprint density at radius 3 is 2.07 bits per heavy atom. The molecule has 3 atom stereocenters. The number of carbonyl (C=O) groups excluding carboxylic acids is 2. The summed E-state index contributed by atoms with van der Waals surface area (Å²) in [5, 5.41) is 32.3. The molecule has 0 aliphatic carbocycles. The molecule has 30 heavy (non-hydrogen) atoms. The van der Waals surface area contributed by atoms with Gasteiger partial charge in [-0.25, -0.2) is 4.79 Å². The van der Waals surface area contributed by atoms with Gasteiger partial charge in [-0.3, -0.25) is 14.4 Å². The van der Waals surface area contributed by atoms with Gasteiger partial charge in [0.1, 0.15) is 17.8 Å². The van der Waals surface area contributed by atoms with E-state index in [1.54, 1.807) is 0 Å².